The third-order valence-corrected chi connectivity index (χ3v) is 5.21. The van der Waals surface area contributed by atoms with E-state index < -0.39 is 10.0 Å². The van der Waals surface area contributed by atoms with Crippen molar-refractivity contribution in [2.75, 3.05) is 36.3 Å². The first-order chi connectivity index (χ1) is 12.0. The lowest BCUT2D eigenvalue weighted by Crippen LogP contribution is -2.42. The van der Waals surface area contributed by atoms with Gasteiger partial charge in [-0.15, -0.1) is 0 Å². The third kappa shape index (κ3) is 4.62. The van der Waals surface area contributed by atoms with E-state index in [2.05, 4.69) is 20.0 Å². The number of benzene rings is 1. The van der Waals surface area contributed by atoms with E-state index in [0.717, 1.165) is 13.1 Å². The molecule has 0 amide bonds. The Morgan fingerprint density at radius 2 is 1.76 bits per heavy atom. The third-order valence-electron chi connectivity index (χ3n) is 3.51. The molecule has 2 heterocycles. The topological polar surface area (TPSA) is 96.5 Å². The predicted octanol–water partition coefficient (Wildman–Crippen LogP) is 1.31. The average molecular weight is 379 g/mol. The van der Waals surface area contributed by atoms with Gasteiger partial charge in [0, 0.05) is 31.2 Å². The van der Waals surface area contributed by atoms with Gasteiger partial charge in [0.15, 0.2) is 5.11 Å². The van der Waals surface area contributed by atoms with Crippen molar-refractivity contribution in [3.8, 4) is 0 Å². The van der Waals surface area contributed by atoms with Crippen LogP contribution in [0.4, 0.5) is 11.6 Å². The highest BCUT2D eigenvalue weighted by Crippen LogP contribution is 2.17. The van der Waals surface area contributed by atoms with Gasteiger partial charge in [-0.3, -0.25) is 0 Å². The van der Waals surface area contributed by atoms with Gasteiger partial charge in [-0.2, -0.15) is 0 Å². The molecule has 0 unspecified atom stereocenters. The van der Waals surface area contributed by atoms with Crippen LogP contribution in [0.1, 0.15) is 0 Å². The SMILES string of the molecule is O=S(=O)(Nc1ncccn1)c1ccc(NC(=S)N2CCOCC2)cc1. The smallest absolute Gasteiger partial charge is 0.264 e. The van der Waals surface area contributed by atoms with Gasteiger partial charge < -0.3 is 15.0 Å². The molecule has 0 atom stereocenters. The molecule has 0 bridgehead atoms. The molecule has 25 heavy (non-hydrogen) atoms. The molecule has 3 rings (SSSR count). The van der Waals surface area contributed by atoms with Gasteiger partial charge in [-0.25, -0.2) is 23.1 Å². The second kappa shape index (κ2) is 7.72. The molecule has 2 aromatic rings. The summed E-state index contributed by atoms with van der Waals surface area (Å²) >= 11 is 5.36. The lowest BCUT2D eigenvalue weighted by Gasteiger charge is -2.29. The molecule has 1 saturated heterocycles. The average Bonchev–Trinajstić information content (AvgIpc) is 2.63. The van der Waals surface area contributed by atoms with E-state index in [4.69, 9.17) is 17.0 Å². The molecule has 0 radical (unpaired) electrons. The van der Waals surface area contributed by atoms with Crippen molar-refractivity contribution >= 4 is 39.0 Å². The van der Waals surface area contributed by atoms with Crippen LogP contribution in [0.3, 0.4) is 0 Å². The van der Waals surface area contributed by atoms with Gasteiger partial charge in [-0.05, 0) is 42.5 Å². The molecule has 1 aliphatic heterocycles. The number of rotatable bonds is 4. The Kier molecular flexibility index (Phi) is 5.41. The quantitative estimate of drug-likeness (QED) is 0.768. The van der Waals surface area contributed by atoms with Gasteiger partial charge in [0.05, 0.1) is 18.1 Å². The van der Waals surface area contributed by atoms with Gasteiger partial charge in [0.2, 0.25) is 5.95 Å². The van der Waals surface area contributed by atoms with Crippen LogP contribution >= 0.6 is 12.2 Å². The van der Waals surface area contributed by atoms with E-state index in [1.54, 1.807) is 18.2 Å². The van der Waals surface area contributed by atoms with Crippen LogP contribution in [0.5, 0.6) is 0 Å². The molecule has 10 heteroatoms. The zero-order valence-corrected chi connectivity index (χ0v) is 14.9. The minimum atomic E-state index is -3.74. The van der Waals surface area contributed by atoms with Crippen LogP contribution in [-0.2, 0) is 14.8 Å². The monoisotopic (exact) mass is 379 g/mol. The number of nitrogens with one attached hydrogen (secondary N) is 2. The first-order valence-electron chi connectivity index (χ1n) is 7.58. The number of anilines is 2. The van der Waals surface area contributed by atoms with Crippen LogP contribution in [0.25, 0.3) is 0 Å². The maximum atomic E-state index is 12.3. The normalized spacial score (nSPS) is 14.8. The Morgan fingerprint density at radius 1 is 1.12 bits per heavy atom. The number of aromatic nitrogens is 2. The van der Waals surface area contributed by atoms with Crippen molar-refractivity contribution in [2.45, 2.75) is 4.90 Å². The van der Waals surface area contributed by atoms with Crippen LogP contribution in [0, 0.1) is 0 Å². The second-order valence-electron chi connectivity index (χ2n) is 5.23. The lowest BCUT2D eigenvalue weighted by molar-refractivity contribution is 0.0690. The van der Waals surface area contributed by atoms with Crippen molar-refractivity contribution in [3.05, 3.63) is 42.7 Å². The Morgan fingerprint density at radius 3 is 2.40 bits per heavy atom. The maximum Gasteiger partial charge on any atom is 0.264 e. The fourth-order valence-corrected chi connectivity index (χ4v) is 3.48. The molecule has 1 aromatic carbocycles. The summed E-state index contributed by atoms with van der Waals surface area (Å²) in [7, 11) is -3.74. The molecule has 1 fully saturated rings. The number of hydrogen-bond acceptors (Lipinski definition) is 6. The van der Waals surface area contributed by atoms with E-state index in [1.807, 2.05) is 4.90 Å². The van der Waals surface area contributed by atoms with E-state index in [0.29, 0.717) is 24.0 Å². The molecule has 0 saturated carbocycles. The summed E-state index contributed by atoms with van der Waals surface area (Å²) < 4.78 is 32.3. The number of ether oxygens (including phenoxy) is 1. The number of nitrogens with zero attached hydrogens (tertiary/aromatic N) is 3. The minimum Gasteiger partial charge on any atom is -0.378 e. The van der Waals surface area contributed by atoms with Gasteiger partial charge in [0.1, 0.15) is 0 Å². The first-order valence-corrected chi connectivity index (χ1v) is 9.47. The molecule has 0 aliphatic carbocycles. The molecular formula is C15H17N5O3S2. The fraction of sp³-hybridized carbons (Fsp3) is 0.267. The molecule has 0 spiro atoms. The van der Waals surface area contributed by atoms with Crippen LogP contribution < -0.4 is 10.0 Å². The molecule has 2 N–H and O–H groups in total. The fourth-order valence-electron chi connectivity index (χ4n) is 2.22. The molecule has 1 aromatic heterocycles. The highest BCUT2D eigenvalue weighted by molar-refractivity contribution is 7.92. The summed E-state index contributed by atoms with van der Waals surface area (Å²) in [6.07, 6.45) is 2.93. The standard InChI is InChI=1S/C15H17N5O3S2/c21-25(22,19-14-16-6-1-7-17-14)13-4-2-12(3-5-13)18-15(24)20-8-10-23-11-9-20/h1-7H,8-11H2,(H,18,24)(H,16,17,19). The summed E-state index contributed by atoms with van der Waals surface area (Å²) in [5.41, 5.74) is 0.714. The zero-order valence-electron chi connectivity index (χ0n) is 13.3. The van der Waals surface area contributed by atoms with E-state index in [-0.39, 0.29) is 10.8 Å². The van der Waals surface area contributed by atoms with Gasteiger partial charge >= 0.3 is 0 Å². The highest BCUT2D eigenvalue weighted by Gasteiger charge is 2.16. The van der Waals surface area contributed by atoms with Crippen molar-refractivity contribution in [1.82, 2.24) is 14.9 Å². The summed E-state index contributed by atoms with van der Waals surface area (Å²) in [4.78, 5) is 9.83. The number of thiocarbonyl (C=S) groups is 1. The molecule has 132 valence electrons. The van der Waals surface area contributed by atoms with Gasteiger partial charge in [-0.1, -0.05) is 0 Å². The van der Waals surface area contributed by atoms with Crippen LogP contribution in [-0.4, -0.2) is 54.7 Å². The highest BCUT2D eigenvalue weighted by atomic mass is 32.2. The Bertz CT molecular complexity index is 822. The number of sulfonamides is 1. The van der Waals surface area contributed by atoms with E-state index in [1.165, 1.54) is 24.5 Å². The lowest BCUT2D eigenvalue weighted by atomic mass is 10.3. The summed E-state index contributed by atoms with van der Waals surface area (Å²) in [6, 6.07) is 7.92. The molecular weight excluding hydrogens is 362 g/mol. The van der Waals surface area contributed by atoms with Crippen molar-refractivity contribution in [3.63, 3.8) is 0 Å². The number of hydrogen-bond donors (Lipinski definition) is 2. The molecule has 8 nitrogen and oxygen atoms in total. The Balaban J connectivity index is 1.66. The van der Waals surface area contributed by atoms with E-state index >= 15 is 0 Å². The van der Waals surface area contributed by atoms with Gasteiger partial charge in [0.25, 0.3) is 10.0 Å². The summed E-state index contributed by atoms with van der Waals surface area (Å²) in [6.45, 7) is 2.76. The van der Waals surface area contributed by atoms with E-state index in [9.17, 15) is 8.42 Å². The molecule has 1 aliphatic rings. The summed E-state index contributed by atoms with van der Waals surface area (Å²) in [5, 5.41) is 3.69. The first kappa shape index (κ1) is 17.5. The van der Waals surface area contributed by atoms with Crippen LogP contribution in [0.15, 0.2) is 47.6 Å². The zero-order chi connectivity index (χ0) is 17.7. The Labute approximate surface area is 151 Å². The van der Waals surface area contributed by atoms with Crippen molar-refractivity contribution < 1.29 is 13.2 Å². The minimum absolute atomic E-state index is 0.0261. The van der Waals surface area contributed by atoms with Crippen molar-refractivity contribution in [2.24, 2.45) is 0 Å². The van der Waals surface area contributed by atoms with Crippen LogP contribution in [0.2, 0.25) is 0 Å². The summed E-state index contributed by atoms with van der Waals surface area (Å²) in [5.74, 6) is 0.0261. The predicted molar refractivity (Wildman–Crippen MR) is 97.9 cm³/mol. The maximum absolute atomic E-state index is 12.3. The number of morpholine rings is 1. The second-order valence-corrected chi connectivity index (χ2v) is 7.30. The Hall–Kier alpha value is -2.30. The van der Waals surface area contributed by atoms with Crippen molar-refractivity contribution in [1.29, 1.82) is 0 Å². The largest absolute Gasteiger partial charge is 0.378 e.